The normalized spacial score (nSPS) is 15.4. The van der Waals surface area contributed by atoms with Crippen LogP contribution < -0.4 is 5.32 Å². The second-order valence-corrected chi connectivity index (χ2v) is 5.08. The van der Waals surface area contributed by atoms with E-state index in [2.05, 4.69) is 26.1 Å². The fourth-order valence-electron chi connectivity index (χ4n) is 0.983. The molecule has 2 unspecified atom stereocenters. The molecule has 0 aliphatic rings. The van der Waals surface area contributed by atoms with Gasteiger partial charge in [0.05, 0.1) is 6.61 Å². The quantitative estimate of drug-likeness (QED) is 0.602. The van der Waals surface area contributed by atoms with Gasteiger partial charge in [-0.25, -0.2) is 0 Å². The van der Waals surface area contributed by atoms with Crippen molar-refractivity contribution in [1.82, 2.24) is 5.32 Å². The highest BCUT2D eigenvalue weighted by atomic mass is 32.2. The van der Waals surface area contributed by atoms with E-state index in [4.69, 9.17) is 4.74 Å². The lowest BCUT2D eigenvalue weighted by Crippen LogP contribution is -2.33. The molecule has 0 saturated carbocycles. The minimum absolute atomic E-state index is 0.501. The second kappa shape index (κ2) is 9.81. The van der Waals surface area contributed by atoms with E-state index >= 15 is 0 Å². The number of thioether (sulfide) groups is 1. The first-order valence-corrected chi connectivity index (χ1v) is 6.66. The highest BCUT2D eigenvalue weighted by molar-refractivity contribution is 7.99. The largest absolute Gasteiger partial charge is 0.380 e. The monoisotopic (exact) mass is 219 g/mol. The molecule has 14 heavy (non-hydrogen) atoms. The van der Waals surface area contributed by atoms with E-state index in [9.17, 15) is 0 Å². The summed E-state index contributed by atoms with van der Waals surface area (Å²) in [7, 11) is 2.01. The third-order valence-electron chi connectivity index (χ3n) is 2.23. The van der Waals surface area contributed by atoms with Crippen LogP contribution in [0.3, 0.4) is 0 Å². The lowest BCUT2D eigenvalue weighted by Gasteiger charge is -2.17. The number of likely N-dealkylation sites (N-methyl/N-ethyl adjacent to an activating group) is 1. The van der Waals surface area contributed by atoms with Crippen molar-refractivity contribution >= 4 is 11.8 Å². The van der Waals surface area contributed by atoms with Gasteiger partial charge in [0.2, 0.25) is 0 Å². The van der Waals surface area contributed by atoms with Crippen molar-refractivity contribution in [3.63, 3.8) is 0 Å². The SMILES string of the molecule is CCCOCC(CSC(C)CC)NC. The molecule has 0 heterocycles. The summed E-state index contributed by atoms with van der Waals surface area (Å²) in [6.45, 7) is 8.38. The van der Waals surface area contributed by atoms with Gasteiger partial charge in [-0.2, -0.15) is 11.8 Å². The average Bonchev–Trinajstić information content (AvgIpc) is 2.22. The average molecular weight is 219 g/mol. The molecule has 0 spiro atoms. The van der Waals surface area contributed by atoms with Crippen molar-refractivity contribution in [3.05, 3.63) is 0 Å². The maximum atomic E-state index is 5.53. The van der Waals surface area contributed by atoms with Gasteiger partial charge in [-0.3, -0.25) is 0 Å². The highest BCUT2D eigenvalue weighted by Gasteiger charge is 2.08. The van der Waals surface area contributed by atoms with Crippen LogP contribution in [0.1, 0.15) is 33.6 Å². The summed E-state index contributed by atoms with van der Waals surface area (Å²) in [5, 5.41) is 4.06. The molecule has 0 amide bonds. The van der Waals surface area contributed by atoms with Crippen molar-refractivity contribution in [1.29, 1.82) is 0 Å². The van der Waals surface area contributed by atoms with E-state index in [-0.39, 0.29) is 0 Å². The van der Waals surface area contributed by atoms with Crippen LogP contribution in [0.15, 0.2) is 0 Å². The van der Waals surface area contributed by atoms with Gasteiger partial charge in [-0.05, 0) is 19.9 Å². The Labute approximate surface area is 93.2 Å². The molecular weight excluding hydrogens is 194 g/mol. The molecule has 0 aliphatic carbocycles. The van der Waals surface area contributed by atoms with Crippen molar-refractivity contribution in [3.8, 4) is 0 Å². The number of hydrogen-bond acceptors (Lipinski definition) is 3. The zero-order chi connectivity index (χ0) is 10.8. The Morgan fingerprint density at radius 2 is 2.07 bits per heavy atom. The third kappa shape index (κ3) is 7.65. The van der Waals surface area contributed by atoms with Gasteiger partial charge in [-0.1, -0.05) is 20.8 Å². The number of ether oxygens (including phenoxy) is 1. The van der Waals surface area contributed by atoms with Crippen molar-refractivity contribution in [2.24, 2.45) is 0 Å². The van der Waals surface area contributed by atoms with Crippen LogP contribution >= 0.6 is 11.8 Å². The second-order valence-electron chi connectivity index (χ2n) is 3.61. The van der Waals surface area contributed by atoms with E-state index in [1.54, 1.807) is 0 Å². The van der Waals surface area contributed by atoms with Gasteiger partial charge in [-0.15, -0.1) is 0 Å². The molecule has 86 valence electrons. The Morgan fingerprint density at radius 3 is 2.57 bits per heavy atom. The van der Waals surface area contributed by atoms with Gasteiger partial charge in [0, 0.05) is 23.7 Å². The smallest absolute Gasteiger partial charge is 0.0627 e. The minimum Gasteiger partial charge on any atom is -0.380 e. The molecule has 0 aromatic rings. The summed E-state index contributed by atoms with van der Waals surface area (Å²) in [5.41, 5.74) is 0. The molecular formula is C11H25NOS. The van der Waals surface area contributed by atoms with Crippen LogP contribution in [0.5, 0.6) is 0 Å². The Bertz CT molecular complexity index is 122. The van der Waals surface area contributed by atoms with Crippen LogP contribution in [0, 0.1) is 0 Å². The van der Waals surface area contributed by atoms with Gasteiger partial charge in [0.15, 0.2) is 0 Å². The molecule has 3 heteroatoms. The molecule has 2 atom stereocenters. The summed E-state index contributed by atoms with van der Waals surface area (Å²) >= 11 is 2.02. The zero-order valence-electron chi connectivity index (χ0n) is 10.0. The standard InChI is InChI=1S/C11H25NOS/c1-5-7-13-8-11(12-4)9-14-10(3)6-2/h10-12H,5-9H2,1-4H3. The molecule has 0 fully saturated rings. The minimum atomic E-state index is 0.501. The molecule has 1 N–H and O–H groups in total. The molecule has 0 aromatic carbocycles. The first kappa shape index (κ1) is 14.3. The lowest BCUT2D eigenvalue weighted by molar-refractivity contribution is 0.119. The number of rotatable bonds is 9. The molecule has 0 saturated heterocycles. The molecule has 2 nitrogen and oxygen atoms in total. The van der Waals surface area contributed by atoms with Gasteiger partial charge >= 0.3 is 0 Å². The van der Waals surface area contributed by atoms with Gasteiger partial charge in [0.1, 0.15) is 0 Å². The summed E-state index contributed by atoms with van der Waals surface area (Å²) < 4.78 is 5.53. The van der Waals surface area contributed by atoms with Gasteiger partial charge < -0.3 is 10.1 Å². The van der Waals surface area contributed by atoms with Crippen molar-refractivity contribution in [2.75, 3.05) is 26.0 Å². The Kier molecular flexibility index (Phi) is 10.0. The first-order chi connectivity index (χ1) is 6.74. The maximum absolute atomic E-state index is 5.53. The predicted molar refractivity (Wildman–Crippen MR) is 66.2 cm³/mol. The highest BCUT2D eigenvalue weighted by Crippen LogP contribution is 2.14. The van der Waals surface area contributed by atoms with E-state index in [0.29, 0.717) is 6.04 Å². The van der Waals surface area contributed by atoms with E-state index in [0.717, 1.165) is 30.6 Å². The number of hydrogen-bond donors (Lipinski definition) is 1. The summed E-state index contributed by atoms with van der Waals surface area (Å²) in [4.78, 5) is 0. The lowest BCUT2D eigenvalue weighted by atomic mass is 10.4. The van der Waals surface area contributed by atoms with Crippen LogP contribution in [0.2, 0.25) is 0 Å². The molecule has 0 aromatic heterocycles. The Hall–Kier alpha value is 0.270. The summed E-state index contributed by atoms with van der Waals surface area (Å²) in [6, 6.07) is 0.501. The van der Waals surface area contributed by atoms with Gasteiger partial charge in [0.25, 0.3) is 0 Å². The molecule has 0 rings (SSSR count). The number of nitrogens with one attached hydrogen (secondary N) is 1. The molecule has 0 bridgehead atoms. The zero-order valence-corrected chi connectivity index (χ0v) is 10.8. The molecule has 0 radical (unpaired) electrons. The van der Waals surface area contributed by atoms with Crippen LogP contribution in [-0.4, -0.2) is 37.3 Å². The summed E-state index contributed by atoms with van der Waals surface area (Å²) in [6.07, 6.45) is 2.35. The third-order valence-corrected chi connectivity index (χ3v) is 3.73. The summed E-state index contributed by atoms with van der Waals surface area (Å²) in [5.74, 6) is 1.15. The Balaban J connectivity index is 3.47. The van der Waals surface area contributed by atoms with Crippen LogP contribution in [0.25, 0.3) is 0 Å². The van der Waals surface area contributed by atoms with E-state index in [1.165, 1.54) is 6.42 Å². The van der Waals surface area contributed by atoms with E-state index in [1.807, 2.05) is 18.8 Å². The van der Waals surface area contributed by atoms with Crippen LogP contribution in [-0.2, 0) is 4.74 Å². The van der Waals surface area contributed by atoms with Crippen molar-refractivity contribution in [2.45, 2.75) is 44.9 Å². The van der Waals surface area contributed by atoms with E-state index < -0.39 is 0 Å². The van der Waals surface area contributed by atoms with Crippen molar-refractivity contribution < 1.29 is 4.74 Å². The first-order valence-electron chi connectivity index (χ1n) is 5.61. The Morgan fingerprint density at radius 1 is 1.36 bits per heavy atom. The van der Waals surface area contributed by atoms with Crippen LogP contribution in [0.4, 0.5) is 0 Å². The topological polar surface area (TPSA) is 21.3 Å². The fourth-order valence-corrected chi connectivity index (χ4v) is 2.04. The molecule has 0 aliphatic heterocycles. The fraction of sp³-hybridized carbons (Fsp3) is 1.00. The predicted octanol–water partition coefficient (Wildman–Crippen LogP) is 2.53. The maximum Gasteiger partial charge on any atom is 0.0627 e.